The fourth-order valence-corrected chi connectivity index (χ4v) is 3.71. The van der Waals surface area contributed by atoms with Gasteiger partial charge in [0.1, 0.15) is 0 Å². The van der Waals surface area contributed by atoms with Crippen LogP contribution in [0, 0.1) is 11.6 Å². The van der Waals surface area contributed by atoms with Crippen molar-refractivity contribution in [2.24, 2.45) is 0 Å². The van der Waals surface area contributed by atoms with Gasteiger partial charge in [0.15, 0.2) is 11.6 Å². The SMILES string of the molecule is Fc1ccc(-c2cc3c(-c4ccccc4)cc(-c4ccccc4)cc3[nH]2)cc1F. The third-order valence-corrected chi connectivity index (χ3v) is 5.16. The van der Waals surface area contributed by atoms with Crippen molar-refractivity contribution in [1.29, 1.82) is 0 Å². The highest BCUT2D eigenvalue weighted by molar-refractivity contribution is 6.01. The smallest absolute Gasteiger partial charge is 0.159 e. The van der Waals surface area contributed by atoms with Gasteiger partial charge in [0.25, 0.3) is 0 Å². The molecule has 0 fully saturated rings. The summed E-state index contributed by atoms with van der Waals surface area (Å²) in [6, 6.07) is 30.6. The first-order chi connectivity index (χ1) is 14.2. The molecule has 5 rings (SSSR count). The zero-order chi connectivity index (χ0) is 19.8. The highest BCUT2D eigenvalue weighted by Gasteiger charge is 2.13. The average Bonchev–Trinajstić information content (AvgIpc) is 3.20. The van der Waals surface area contributed by atoms with E-state index >= 15 is 0 Å². The molecule has 0 aliphatic rings. The van der Waals surface area contributed by atoms with E-state index in [1.807, 2.05) is 42.5 Å². The van der Waals surface area contributed by atoms with Crippen LogP contribution >= 0.6 is 0 Å². The summed E-state index contributed by atoms with van der Waals surface area (Å²) in [7, 11) is 0. The molecule has 1 N–H and O–H groups in total. The summed E-state index contributed by atoms with van der Waals surface area (Å²) in [5.41, 5.74) is 6.72. The molecular weight excluding hydrogens is 364 g/mol. The van der Waals surface area contributed by atoms with Gasteiger partial charge in [-0.05, 0) is 58.7 Å². The zero-order valence-electron chi connectivity index (χ0n) is 15.5. The van der Waals surface area contributed by atoms with E-state index in [4.69, 9.17) is 0 Å². The number of rotatable bonds is 3. The van der Waals surface area contributed by atoms with E-state index in [9.17, 15) is 8.78 Å². The first-order valence-corrected chi connectivity index (χ1v) is 9.42. The van der Waals surface area contributed by atoms with Gasteiger partial charge in [0.2, 0.25) is 0 Å². The molecule has 0 bridgehead atoms. The first kappa shape index (κ1) is 17.4. The summed E-state index contributed by atoms with van der Waals surface area (Å²) in [5.74, 6) is -1.70. The lowest BCUT2D eigenvalue weighted by molar-refractivity contribution is 0.509. The van der Waals surface area contributed by atoms with Crippen LogP contribution in [-0.4, -0.2) is 4.98 Å². The Hall–Kier alpha value is -3.72. The maximum Gasteiger partial charge on any atom is 0.159 e. The maximum atomic E-state index is 13.8. The van der Waals surface area contributed by atoms with Gasteiger partial charge in [0, 0.05) is 22.2 Å². The van der Waals surface area contributed by atoms with Crippen molar-refractivity contribution in [3.05, 3.63) is 109 Å². The molecule has 0 saturated heterocycles. The van der Waals surface area contributed by atoms with Gasteiger partial charge in [-0.2, -0.15) is 0 Å². The minimum Gasteiger partial charge on any atom is -0.354 e. The summed E-state index contributed by atoms with van der Waals surface area (Å²) in [6.07, 6.45) is 0. The highest BCUT2D eigenvalue weighted by atomic mass is 19.2. The fraction of sp³-hybridized carbons (Fsp3) is 0. The Balaban J connectivity index is 1.75. The molecule has 0 radical (unpaired) electrons. The average molecular weight is 381 g/mol. The van der Waals surface area contributed by atoms with E-state index in [1.54, 1.807) is 6.07 Å². The van der Waals surface area contributed by atoms with E-state index in [1.165, 1.54) is 6.07 Å². The molecule has 0 atom stereocenters. The second-order valence-electron chi connectivity index (χ2n) is 7.03. The molecule has 0 aliphatic carbocycles. The van der Waals surface area contributed by atoms with Gasteiger partial charge in [-0.1, -0.05) is 60.7 Å². The predicted molar refractivity (Wildman–Crippen MR) is 115 cm³/mol. The second kappa shape index (κ2) is 7.02. The van der Waals surface area contributed by atoms with Gasteiger partial charge in [-0.15, -0.1) is 0 Å². The van der Waals surface area contributed by atoms with Gasteiger partial charge in [-0.25, -0.2) is 8.78 Å². The topological polar surface area (TPSA) is 15.8 Å². The van der Waals surface area contributed by atoms with E-state index in [0.717, 1.165) is 44.9 Å². The Labute approximate surface area is 167 Å². The number of hydrogen-bond acceptors (Lipinski definition) is 0. The van der Waals surface area contributed by atoms with Gasteiger partial charge in [-0.3, -0.25) is 0 Å². The Bertz CT molecular complexity index is 1310. The molecule has 1 heterocycles. The second-order valence-corrected chi connectivity index (χ2v) is 7.03. The molecule has 0 unspecified atom stereocenters. The third-order valence-electron chi connectivity index (χ3n) is 5.16. The number of nitrogens with one attached hydrogen (secondary N) is 1. The van der Waals surface area contributed by atoms with E-state index < -0.39 is 11.6 Å². The zero-order valence-corrected chi connectivity index (χ0v) is 15.5. The number of aromatic nitrogens is 1. The Kier molecular flexibility index (Phi) is 4.21. The monoisotopic (exact) mass is 381 g/mol. The quantitative estimate of drug-likeness (QED) is 0.334. The lowest BCUT2D eigenvalue weighted by Gasteiger charge is -2.08. The molecule has 29 heavy (non-hydrogen) atoms. The summed E-state index contributed by atoms with van der Waals surface area (Å²) in [5, 5.41) is 1.04. The number of H-pyrrole nitrogens is 1. The van der Waals surface area contributed by atoms with Crippen LogP contribution in [0.2, 0.25) is 0 Å². The molecule has 5 aromatic rings. The summed E-state index contributed by atoms with van der Waals surface area (Å²) < 4.78 is 27.1. The summed E-state index contributed by atoms with van der Waals surface area (Å²) in [4.78, 5) is 3.39. The van der Waals surface area contributed by atoms with Crippen LogP contribution in [0.15, 0.2) is 97.1 Å². The van der Waals surface area contributed by atoms with Crippen LogP contribution in [0.1, 0.15) is 0 Å². The first-order valence-electron chi connectivity index (χ1n) is 9.42. The predicted octanol–water partition coefficient (Wildman–Crippen LogP) is 7.45. The van der Waals surface area contributed by atoms with E-state index in [-0.39, 0.29) is 0 Å². The molecule has 1 aromatic heterocycles. The molecule has 0 aliphatic heterocycles. The van der Waals surface area contributed by atoms with Gasteiger partial charge >= 0.3 is 0 Å². The number of halogens is 2. The molecule has 4 aromatic carbocycles. The van der Waals surface area contributed by atoms with Crippen molar-refractivity contribution in [2.75, 3.05) is 0 Å². The van der Waals surface area contributed by atoms with Crippen molar-refractivity contribution in [2.45, 2.75) is 0 Å². The van der Waals surface area contributed by atoms with Crippen molar-refractivity contribution >= 4 is 10.9 Å². The van der Waals surface area contributed by atoms with Crippen molar-refractivity contribution in [3.63, 3.8) is 0 Å². The molecule has 3 heteroatoms. The van der Waals surface area contributed by atoms with Crippen LogP contribution < -0.4 is 0 Å². The van der Waals surface area contributed by atoms with Crippen LogP contribution in [0.3, 0.4) is 0 Å². The molecular formula is C26H17F2N. The molecule has 0 saturated carbocycles. The summed E-state index contributed by atoms with van der Waals surface area (Å²) in [6.45, 7) is 0. The number of aromatic amines is 1. The third kappa shape index (κ3) is 3.21. The van der Waals surface area contributed by atoms with Crippen LogP contribution in [-0.2, 0) is 0 Å². The Morgan fingerprint density at radius 3 is 1.90 bits per heavy atom. The molecule has 140 valence electrons. The number of fused-ring (bicyclic) bond motifs is 1. The van der Waals surface area contributed by atoms with Crippen molar-refractivity contribution in [1.82, 2.24) is 4.98 Å². The van der Waals surface area contributed by atoms with Crippen molar-refractivity contribution < 1.29 is 8.78 Å². The van der Waals surface area contributed by atoms with E-state index in [0.29, 0.717) is 5.56 Å². The number of benzene rings is 4. The largest absolute Gasteiger partial charge is 0.354 e. The lowest BCUT2D eigenvalue weighted by atomic mass is 9.95. The Morgan fingerprint density at radius 2 is 1.21 bits per heavy atom. The van der Waals surface area contributed by atoms with Gasteiger partial charge in [0.05, 0.1) is 0 Å². The molecule has 1 nitrogen and oxygen atoms in total. The van der Waals surface area contributed by atoms with E-state index in [2.05, 4.69) is 41.4 Å². The van der Waals surface area contributed by atoms with Crippen LogP contribution in [0.4, 0.5) is 8.78 Å². The standard InChI is InChI=1S/C26H17F2N/c27-23-12-11-19(14-24(23)28)25-16-22-21(18-9-5-2-6-10-18)13-20(15-26(22)29-25)17-7-3-1-4-8-17/h1-16,29H. The molecule has 0 amide bonds. The summed E-state index contributed by atoms with van der Waals surface area (Å²) >= 11 is 0. The minimum absolute atomic E-state index is 0.611. The van der Waals surface area contributed by atoms with Crippen LogP contribution in [0.25, 0.3) is 44.4 Å². The number of hydrogen-bond donors (Lipinski definition) is 1. The maximum absolute atomic E-state index is 13.8. The lowest BCUT2D eigenvalue weighted by Crippen LogP contribution is -1.85. The minimum atomic E-state index is -0.852. The Morgan fingerprint density at radius 1 is 0.517 bits per heavy atom. The fourth-order valence-electron chi connectivity index (χ4n) is 3.71. The highest BCUT2D eigenvalue weighted by Crippen LogP contribution is 2.36. The van der Waals surface area contributed by atoms with Gasteiger partial charge < -0.3 is 4.98 Å². The normalized spacial score (nSPS) is 11.1. The molecule has 0 spiro atoms. The van der Waals surface area contributed by atoms with Crippen LogP contribution in [0.5, 0.6) is 0 Å². The van der Waals surface area contributed by atoms with Crippen molar-refractivity contribution in [3.8, 4) is 33.5 Å².